The number of nitrogens with zero attached hydrogens (tertiary/aromatic N) is 5. The van der Waals surface area contributed by atoms with Crippen LogP contribution in [-0.2, 0) is 22.0 Å². The standard InChI is InChI=1S/C24H26F2N6O3S/c1-16(24(33,13-31-15-27-14-28-31)21-4-2-18(25)11-22(21)26)32-12-17-10-20(3-5-23(17)30-32)29-19-6-8-36(34,35)9-7-19/h2-5,10-12,14-16,19,29,33H,6-9,13H2,1H3/t16-,24-/m1/s1. The number of aliphatic hydroxyl groups is 1. The number of rotatable bonds is 7. The molecule has 12 heteroatoms. The Morgan fingerprint density at radius 1 is 1.19 bits per heavy atom. The van der Waals surface area contributed by atoms with Crippen LogP contribution in [0.15, 0.2) is 55.2 Å². The van der Waals surface area contributed by atoms with Crippen molar-refractivity contribution < 1.29 is 22.3 Å². The number of hydrogen-bond donors (Lipinski definition) is 2. The molecule has 2 atom stereocenters. The average molecular weight is 517 g/mol. The Bertz CT molecular complexity index is 1480. The normalized spacial score (nSPS) is 18.7. The van der Waals surface area contributed by atoms with Crippen molar-refractivity contribution in [3.8, 4) is 0 Å². The maximum absolute atomic E-state index is 14.9. The zero-order valence-corrected chi connectivity index (χ0v) is 20.4. The molecule has 2 aromatic heterocycles. The summed E-state index contributed by atoms with van der Waals surface area (Å²) in [6, 6.07) is 7.97. The van der Waals surface area contributed by atoms with E-state index in [0.717, 1.165) is 23.2 Å². The fourth-order valence-electron chi connectivity index (χ4n) is 4.67. The molecule has 190 valence electrons. The summed E-state index contributed by atoms with van der Waals surface area (Å²) in [5.41, 5.74) is -0.411. The summed E-state index contributed by atoms with van der Waals surface area (Å²) < 4.78 is 54.8. The Hall–Kier alpha value is -3.38. The van der Waals surface area contributed by atoms with Gasteiger partial charge in [-0.05, 0) is 44.0 Å². The van der Waals surface area contributed by atoms with Gasteiger partial charge in [-0.1, -0.05) is 6.07 Å². The van der Waals surface area contributed by atoms with Crippen molar-refractivity contribution in [2.24, 2.45) is 0 Å². The fraction of sp³-hybridized carbons (Fsp3) is 0.375. The number of nitrogens with one attached hydrogen (secondary N) is 1. The molecule has 1 saturated heterocycles. The third kappa shape index (κ3) is 4.82. The lowest BCUT2D eigenvalue weighted by atomic mass is 9.86. The van der Waals surface area contributed by atoms with Gasteiger partial charge < -0.3 is 10.4 Å². The van der Waals surface area contributed by atoms with Gasteiger partial charge >= 0.3 is 0 Å². The van der Waals surface area contributed by atoms with E-state index in [9.17, 15) is 22.3 Å². The monoisotopic (exact) mass is 516 g/mol. The molecule has 4 aromatic rings. The first-order valence-corrected chi connectivity index (χ1v) is 13.4. The van der Waals surface area contributed by atoms with Crippen LogP contribution >= 0.6 is 0 Å². The number of hydrogen-bond acceptors (Lipinski definition) is 7. The van der Waals surface area contributed by atoms with Gasteiger partial charge in [-0.25, -0.2) is 26.9 Å². The summed E-state index contributed by atoms with van der Waals surface area (Å²) in [5.74, 6) is -1.27. The topological polar surface area (TPSA) is 115 Å². The van der Waals surface area contributed by atoms with Crippen LogP contribution in [0.2, 0.25) is 0 Å². The second-order valence-corrected chi connectivity index (χ2v) is 11.6. The highest BCUT2D eigenvalue weighted by atomic mass is 32.2. The predicted octanol–water partition coefficient (Wildman–Crippen LogP) is 3.04. The Kier molecular flexibility index (Phi) is 6.25. The molecule has 1 aliphatic rings. The highest BCUT2D eigenvalue weighted by molar-refractivity contribution is 7.91. The maximum atomic E-state index is 14.9. The summed E-state index contributed by atoms with van der Waals surface area (Å²) in [4.78, 5) is 3.89. The van der Waals surface area contributed by atoms with Gasteiger partial charge in [-0.3, -0.25) is 4.68 Å². The van der Waals surface area contributed by atoms with Gasteiger partial charge in [0.15, 0.2) is 0 Å². The van der Waals surface area contributed by atoms with E-state index in [-0.39, 0.29) is 29.7 Å². The molecule has 2 N–H and O–H groups in total. The number of sulfone groups is 1. The van der Waals surface area contributed by atoms with Gasteiger partial charge in [0.1, 0.15) is 39.7 Å². The molecular formula is C24H26F2N6O3S. The van der Waals surface area contributed by atoms with Crippen LogP contribution in [0.5, 0.6) is 0 Å². The third-order valence-corrected chi connectivity index (χ3v) is 8.52. The van der Waals surface area contributed by atoms with Crippen molar-refractivity contribution in [3.05, 3.63) is 72.4 Å². The lowest BCUT2D eigenvalue weighted by molar-refractivity contribution is -0.0366. The van der Waals surface area contributed by atoms with Crippen molar-refractivity contribution >= 4 is 26.4 Å². The Morgan fingerprint density at radius 3 is 2.67 bits per heavy atom. The molecule has 0 spiro atoms. The molecule has 0 aliphatic carbocycles. The average Bonchev–Trinajstić information content (AvgIpc) is 3.49. The molecule has 5 rings (SSSR count). The first-order valence-electron chi connectivity index (χ1n) is 11.6. The molecule has 1 fully saturated rings. The van der Waals surface area contributed by atoms with E-state index in [0.29, 0.717) is 18.4 Å². The fourth-order valence-corrected chi connectivity index (χ4v) is 6.16. The van der Waals surface area contributed by atoms with Gasteiger partial charge in [0.25, 0.3) is 0 Å². The van der Waals surface area contributed by atoms with E-state index in [2.05, 4.69) is 20.5 Å². The lowest BCUT2D eigenvalue weighted by Crippen LogP contribution is -2.40. The van der Waals surface area contributed by atoms with Gasteiger partial charge in [-0.15, -0.1) is 0 Å². The summed E-state index contributed by atoms with van der Waals surface area (Å²) in [6.07, 6.45) is 5.58. The van der Waals surface area contributed by atoms with Crippen molar-refractivity contribution in [1.82, 2.24) is 24.5 Å². The lowest BCUT2D eigenvalue weighted by Gasteiger charge is -2.34. The smallest absolute Gasteiger partial charge is 0.150 e. The minimum atomic E-state index is -2.94. The Labute approximate surface area is 206 Å². The highest BCUT2D eigenvalue weighted by Gasteiger charge is 2.41. The minimum Gasteiger partial charge on any atom is -0.382 e. The second-order valence-electron chi connectivity index (χ2n) is 9.27. The van der Waals surface area contributed by atoms with E-state index in [1.165, 1.54) is 23.4 Å². The number of aromatic nitrogens is 5. The van der Waals surface area contributed by atoms with E-state index >= 15 is 0 Å². The zero-order valence-electron chi connectivity index (χ0n) is 19.6. The third-order valence-electron chi connectivity index (χ3n) is 6.80. The molecule has 0 bridgehead atoms. The molecule has 0 saturated carbocycles. The molecule has 36 heavy (non-hydrogen) atoms. The molecule has 2 aromatic carbocycles. The zero-order chi connectivity index (χ0) is 25.5. The van der Waals surface area contributed by atoms with Gasteiger partial charge in [0.2, 0.25) is 0 Å². The molecule has 9 nitrogen and oxygen atoms in total. The molecule has 0 unspecified atom stereocenters. The second kappa shape index (κ2) is 9.25. The number of halogens is 2. The highest BCUT2D eigenvalue weighted by Crippen LogP contribution is 2.37. The van der Waals surface area contributed by atoms with Crippen LogP contribution in [-0.4, -0.2) is 55.6 Å². The van der Waals surface area contributed by atoms with Crippen LogP contribution < -0.4 is 5.32 Å². The summed E-state index contributed by atoms with van der Waals surface area (Å²) in [7, 11) is -2.94. The van der Waals surface area contributed by atoms with Crippen LogP contribution in [0.4, 0.5) is 14.5 Å². The van der Waals surface area contributed by atoms with Crippen molar-refractivity contribution in [2.75, 3.05) is 16.8 Å². The summed E-state index contributed by atoms with van der Waals surface area (Å²) in [6.45, 7) is 1.57. The Balaban J connectivity index is 1.45. The van der Waals surface area contributed by atoms with Crippen LogP contribution in [0.25, 0.3) is 10.9 Å². The predicted molar refractivity (Wildman–Crippen MR) is 130 cm³/mol. The SMILES string of the molecule is C[C@@H](n1cc2cc(NC3CCS(=O)(=O)CC3)ccc2n1)[C@](O)(Cn1cncn1)c1ccc(F)cc1F. The van der Waals surface area contributed by atoms with Crippen LogP contribution in [0.3, 0.4) is 0 Å². The molecule has 0 amide bonds. The van der Waals surface area contributed by atoms with Crippen LogP contribution in [0, 0.1) is 11.6 Å². The van der Waals surface area contributed by atoms with Gasteiger partial charge in [0, 0.05) is 34.9 Å². The van der Waals surface area contributed by atoms with E-state index in [1.54, 1.807) is 17.8 Å². The number of benzene rings is 2. The molecule has 1 aliphatic heterocycles. The minimum absolute atomic E-state index is 0.0640. The first kappa shape index (κ1) is 24.3. The van der Waals surface area contributed by atoms with Crippen molar-refractivity contribution in [3.63, 3.8) is 0 Å². The van der Waals surface area contributed by atoms with E-state index in [4.69, 9.17) is 0 Å². The quantitative estimate of drug-likeness (QED) is 0.388. The van der Waals surface area contributed by atoms with Crippen molar-refractivity contribution in [1.29, 1.82) is 0 Å². The molecular weight excluding hydrogens is 490 g/mol. The maximum Gasteiger partial charge on any atom is 0.150 e. The van der Waals surface area contributed by atoms with E-state index < -0.39 is 33.1 Å². The summed E-state index contributed by atoms with van der Waals surface area (Å²) >= 11 is 0. The molecule has 0 radical (unpaired) electrons. The molecule has 3 heterocycles. The largest absolute Gasteiger partial charge is 0.382 e. The van der Waals surface area contributed by atoms with Gasteiger partial charge in [0.05, 0.1) is 29.6 Å². The van der Waals surface area contributed by atoms with E-state index in [1.807, 2.05) is 18.2 Å². The summed E-state index contributed by atoms with van der Waals surface area (Å²) in [5, 5.41) is 24.6. The Morgan fingerprint density at radius 2 is 1.97 bits per heavy atom. The number of fused-ring (bicyclic) bond motifs is 1. The van der Waals surface area contributed by atoms with Crippen LogP contribution in [0.1, 0.15) is 31.4 Å². The first-order chi connectivity index (χ1) is 17.1. The van der Waals surface area contributed by atoms with Gasteiger partial charge in [-0.2, -0.15) is 10.2 Å². The number of anilines is 1. The van der Waals surface area contributed by atoms with Crippen molar-refractivity contribution in [2.45, 2.75) is 44.0 Å².